The van der Waals surface area contributed by atoms with Crippen molar-refractivity contribution in [2.45, 2.75) is 12.8 Å². The van der Waals surface area contributed by atoms with Crippen LogP contribution in [0.4, 0.5) is 0 Å². The van der Waals surface area contributed by atoms with E-state index in [-0.39, 0.29) is 18.1 Å². The lowest BCUT2D eigenvalue weighted by atomic mass is 10.2. The third kappa shape index (κ3) is 3.20. The Bertz CT molecular complexity index is 508. The number of benzene rings is 1. The van der Waals surface area contributed by atoms with Crippen LogP contribution < -0.4 is 9.47 Å². The molecule has 1 saturated heterocycles. The minimum atomic E-state index is -1.04. The lowest BCUT2D eigenvalue weighted by Crippen LogP contribution is -2.32. The van der Waals surface area contributed by atoms with Crippen LogP contribution in [0.1, 0.15) is 23.2 Å². The van der Waals surface area contributed by atoms with E-state index in [2.05, 4.69) is 0 Å². The average Bonchev–Trinajstić information content (AvgIpc) is 2.98. The summed E-state index contributed by atoms with van der Waals surface area (Å²) in [7, 11) is 1.43. The van der Waals surface area contributed by atoms with Crippen molar-refractivity contribution in [2.24, 2.45) is 0 Å². The highest BCUT2D eigenvalue weighted by molar-refractivity contribution is 5.88. The normalized spacial score (nSPS) is 14.2. The van der Waals surface area contributed by atoms with E-state index in [0.29, 0.717) is 11.5 Å². The number of aromatic carboxylic acids is 1. The van der Waals surface area contributed by atoms with Gasteiger partial charge in [0.2, 0.25) is 0 Å². The summed E-state index contributed by atoms with van der Waals surface area (Å²) in [4.78, 5) is 24.5. The number of likely N-dealkylation sites (tertiary alicyclic amines) is 1. The third-order valence-electron chi connectivity index (χ3n) is 3.22. The van der Waals surface area contributed by atoms with Gasteiger partial charge in [-0.05, 0) is 31.0 Å². The summed E-state index contributed by atoms with van der Waals surface area (Å²) < 4.78 is 10.5. The van der Waals surface area contributed by atoms with Gasteiger partial charge < -0.3 is 19.5 Å². The molecule has 0 aliphatic carbocycles. The fraction of sp³-hybridized carbons (Fsp3) is 0.429. The van der Waals surface area contributed by atoms with Crippen LogP contribution in [0.25, 0.3) is 0 Å². The molecule has 1 fully saturated rings. The summed E-state index contributed by atoms with van der Waals surface area (Å²) in [6.07, 6.45) is 2.06. The number of amides is 1. The Hall–Kier alpha value is -2.24. The molecule has 0 aromatic heterocycles. The smallest absolute Gasteiger partial charge is 0.335 e. The van der Waals surface area contributed by atoms with Gasteiger partial charge >= 0.3 is 5.97 Å². The lowest BCUT2D eigenvalue weighted by Gasteiger charge is -2.16. The SMILES string of the molecule is COc1cc(C(=O)O)ccc1OCC(=O)N1CCCC1. The van der Waals surface area contributed by atoms with E-state index in [4.69, 9.17) is 14.6 Å². The maximum Gasteiger partial charge on any atom is 0.335 e. The quantitative estimate of drug-likeness (QED) is 0.881. The molecule has 1 amide bonds. The number of nitrogens with zero attached hydrogens (tertiary/aromatic N) is 1. The number of hydrogen-bond acceptors (Lipinski definition) is 4. The highest BCUT2D eigenvalue weighted by Crippen LogP contribution is 2.28. The molecule has 2 rings (SSSR count). The molecular formula is C14H17NO5. The van der Waals surface area contributed by atoms with Gasteiger partial charge in [-0.15, -0.1) is 0 Å². The van der Waals surface area contributed by atoms with Crippen molar-refractivity contribution < 1.29 is 24.2 Å². The second-order valence-electron chi connectivity index (χ2n) is 4.55. The zero-order chi connectivity index (χ0) is 14.5. The molecule has 6 heteroatoms. The van der Waals surface area contributed by atoms with Crippen molar-refractivity contribution in [1.29, 1.82) is 0 Å². The molecule has 0 saturated carbocycles. The van der Waals surface area contributed by atoms with E-state index in [1.54, 1.807) is 4.90 Å². The Kier molecular flexibility index (Phi) is 4.45. The summed E-state index contributed by atoms with van der Waals surface area (Å²) in [5, 5.41) is 8.90. The molecule has 1 aromatic carbocycles. The number of ether oxygens (including phenoxy) is 2. The van der Waals surface area contributed by atoms with E-state index < -0.39 is 5.97 Å². The van der Waals surface area contributed by atoms with Crippen molar-refractivity contribution in [2.75, 3.05) is 26.8 Å². The molecule has 0 spiro atoms. The molecular weight excluding hydrogens is 262 g/mol. The first-order chi connectivity index (χ1) is 9.61. The molecule has 0 radical (unpaired) electrons. The zero-order valence-electron chi connectivity index (χ0n) is 11.3. The molecule has 0 unspecified atom stereocenters. The van der Waals surface area contributed by atoms with Gasteiger partial charge in [0.15, 0.2) is 18.1 Å². The Balaban J connectivity index is 2.01. The van der Waals surface area contributed by atoms with Gasteiger partial charge in [0.25, 0.3) is 5.91 Å². The first kappa shape index (κ1) is 14.2. The number of carboxylic acids is 1. The summed E-state index contributed by atoms with van der Waals surface area (Å²) in [5.41, 5.74) is 0.111. The van der Waals surface area contributed by atoms with Gasteiger partial charge in [0.05, 0.1) is 12.7 Å². The van der Waals surface area contributed by atoms with Crippen molar-refractivity contribution in [3.63, 3.8) is 0 Å². The Morgan fingerprint density at radius 2 is 1.95 bits per heavy atom. The predicted molar refractivity (Wildman–Crippen MR) is 71.3 cm³/mol. The minimum absolute atomic E-state index is 0.0631. The number of carboxylic acid groups (broad SMARTS) is 1. The van der Waals surface area contributed by atoms with Crippen LogP contribution in [-0.2, 0) is 4.79 Å². The van der Waals surface area contributed by atoms with Crippen LogP contribution in [0, 0.1) is 0 Å². The maximum absolute atomic E-state index is 11.9. The van der Waals surface area contributed by atoms with Crippen LogP contribution >= 0.6 is 0 Å². The largest absolute Gasteiger partial charge is 0.493 e. The molecule has 0 bridgehead atoms. The summed E-state index contributed by atoms with van der Waals surface area (Å²) in [6.45, 7) is 1.48. The number of rotatable bonds is 5. The van der Waals surface area contributed by atoms with E-state index in [0.717, 1.165) is 25.9 Å². The average molecular weight is 279 g/mol. The van der Waals surface area contributed by atoms with Crippen molar-refractivity contribution >= 4 is 11.9 Å². The monoisotopic (exact) mass is 279 g/mol. The number of carbonyl (C=O) groups excluding carboxylic acids is 1. The first-order valence-corrected chi connectivity index (χ1v) is 6.43. The highest BCUT2D eigenvalue weighted by Gasteiger charge is 2.19. The Labute approximate surface area is 116 Å². The molecule has 20 heavy (non-hydrogen) atoms. The van der Waals surface area contributed by atoms with Crippen molar-refractivity contribution in [3.05, 3.63) is 23.8 Å². The Morgan fingerprint density at radius 1 is 1.25 bits per heavy atom. The van der Waals surface area contributed by atoms with Gasteiger partial charge in [-0.3, -0.25) is 4.79 Å². The highest BCUT2D eigenvalue weighted by atomic mass is 16.5. The van der Waals surface area contributed by atoms with Gasteiger partial charge in [-0.25, -0.2) is 4.79 Å². The van der Waals surface area contributed by atoms with Crippen LogP contribution in [-0.4, -0.2) is 48.7 Å². The van der Waals surface area contributed by atoms with Crippen LogP contribution in [0.5, 0.6) is 11.5 Å². The fourth-order valence-corrected chi connectivity index (χ4v) is 2.12. The number of hydrogen-bond donors (Lipinski definition) is 1. The zero-order valence-corrected chi connectivity index (χ0v) is 11.3. The molecule has 6 nitrogen and oxygen atoms in total. The van der Waals surface area contributed by atoms with Gasteiger partial charge in [0.1, 0.15) is 0 Å². The fourth-order valence-electron chi connectivity index (χ4n) is 2.12. The standard InChI is InChI=1S/C14H17NO5/c1-19-12-8-10(14(17)18)4-5-11(12)20-9-13(16)15-6-2-3-7-15/h4-5,8H,2-3,6-7,9H2,1H3,(H,17,18). The second-order valence-corrected chi connectivity index (χ2v) is 4.55. The second kappa shape index (κ2) is 6.27. The molecule has 1 N–H and O–H groups in total. The molecule has 108 valence electrons. The Morgan fingerprint density at radius 3 is 2.55 bits per heavy atom. The van der Waals surface area contributed by atoms with E-state index in [1.807, 2.05) is 0 Å². The van der Waals surface area contributed by atoms with E-state index in [9.17, 15) is 9.59 Å². The van der Waals surface area contributed by atoms with Crippen LogP contribution in [0.15, 0.2) is 18.2 Å². The summed E-state index contributed by atoms with van der Waals surface area (Å²) in [6, 6.07) is 4.29. The molecule has 1 aliphatic rings. The maximum atomic E-state index is 11.9. The van der Waals surface area contributed by atoms with Crippen molar-refractivity contribution in [3.8, 4) is 11.5 Å². The van der Waals surface area contributed by atoms with Crippen LogP contribution in [0.3, 0.4) is 0 Å². The van der Waals surface area contributed by atoms with E-state index >= 15 is 0 Å². The van der Waals surface area contributed by atoms with Gasteiger partial charge in [-0.1, -0.05) is 0 Å². The number of methoxy groups -OCH3 is 1. The van der Waals surface area contributed by atoms with Crippen LogP contribution in [0.2, 0.25) is 0 Å². The third-order valence-corrected chi connectivity index (χ3v) is 3.22. The lowest BCUT2D eigenvalue weighted by molar-refractivity contribution is -0.132. The predicted octanol–water partition coefficient (Wildman–Crippen LogP) is 1.39. The minimum Gasteiger partial charge on any atom is -0.493 e. The van der Waals surface area contributed by atoms with Gasteiger partial charge in [-0.2, -0.15) is 0 Å². The molecule has 0 atom stereocenters. The molecule has 1 aliphatic heterocycles. The first-order valence-electron chi connectivity index (χ1n) is 6.43. The summed E-state index contributed by atoms with van der Waals surface area (Å²) in [5.74, 6) is -0.431. The van der Waals surface area contributed by atoms with E-state index in [1.165, 1.54) is 25.3 Å². The molecule has 1 heterocycles. The van der Waals surface area contributed by atoms with Crippen molar-refractivity contribution in [1.82, 2.24) is 4.90 Å². The number of carbonyl (C=O) groups is 2. The van der Waals surface area contributed by atoms with Gasteiger partial charge in [0, 0.05) is 13.1 Å². The topological polar surface area (TPSA) is 76.1 Å². The molecule has 1 aromatic rings. The summed E-state index contributed by atoms with van der Waals surface area (Å²) >= 11 is 0.